The van der Waals surface area contributed by atoms with Crippen LogP contribution in [0, 0.1) is 12.7 Å². The molecule has 2 aromatic carbocycles. The van der Waals surface area contributed by atoms with Crippen molar-refractivity contribution in [2.75, 3.05) is 0 Å². The molecule has 0 aliphatic heterocycles. The second-order valence-corrected chi connectivity index (χ2v) is 7.68. The fraction of sp³-hybridized carbons (Fsp3) is 0.105. The number of aromatic nitrogens is 3. The largest absolute Gasteiger partial charge is 0.268 e. The Hall–Kier alpha value is -2.51. The van der Waals surface area contributed by atoms with Crippen LogP contribution in [0.5, 0.6) is 0 Å². The summed E-state index contributed by atoms with van der Waals surface area (Å²) in [6.45, 7) is 1.96. The van der Waals surface area contributed by atoms with E-state index in [1.807, 2.05) is 30.5 Å². The van der Waals surface area contributed by atoms with Crippen LogP contribution in [0.4, 0.5) is 4.39 Å². The second kappa shape index (κ2) is 7.01. The zero-order chi connectivity index (χ0) is 18.1. The first-order valence-corrected chi connectivity index (χ1v) is 9.80. The molecule has 0 saturated carbocycles. The standard InChI is InChI=1S/C19H14FN3OS2/c1-12-21-14(10-25-12)11-26-19-22-17-5-3-2-4-16(17)18(24)23(19)15-8-6-13(20)7-9-15/h2-10H,11H2,1H3. The summed E-state index contributed by atoms with van der Waals surface area (Å²) < 4.78 is 14.8. The van der Waals surface area contributed by atoms with Crippen molar-refractivity contribution < 1.29 is 4.39 Å². The van der Waals surface area contributed by atoms with Crippen molar-refractivity contribution in [2.45, 2.75) is 17.8 Å². The van der Waals surface area contributed by atoms with Crippen LogP contribution in [0.2, 0.25) is 0 Å². The molecule has 7 heteroatoms. The van der Waals surface area contributed by atoms with Gasteiger partial charge in [-0.1, -0.05) is 23.9 Å². The number of thioether (sulfide) groups is 1. The van der Waals surface area contributed by atoms with Crippen LogP contribution in [0.3, 0.4) is 0 Å². The molecule has 4 nitrogen and oxygen atoms in total. The van der Waals surface area contributed by atoms with Crippen molar-refractivity contribution in [3.63, 3.8) is 0 Å². The molecule has 2 aromatic heterocycles. The molecule has 2 heterocycles. The average Bonchev–Trinajstić information content (AvgIpc) is 3.07. The Labute approximate surface area is 157 Å². The van der Waals surface area contributed by atoms with Gasteiger partial charge in [-0.3, -0.25) is 9.36 Å². The highest BCUT2D eigenvalue weighted by molar-refractivity contribution is 7.98. The maximum atomic E-state index is 13.3. The number of aryl methyl sites for hydroxylation is 1. The highest BCUT2D eigenvalue weighted by Gasteiger charge is 2.14. The summed E-state index contributed by atoms with van der Waals surface area (Å²) in [7, 11) is 0. The second-order valence-electron chi connectivity index (χ2n) is 5.68. The molecule has 0 amide bonds. The quantitative estimate of drug-likeness (QED) is 0.382. The minimum atomic E-state index is -0.345. The fourth-order valence-corrected chi connectivity index (χ4v) is 4.26. The summed E-state index contributed by atoms with van der Waals surface area (Å²) in [5, 5.41) is 4.10. The Morgan fingerprint density at radius 1 is 1.12 bits per heavy atom. The molecule has 0 unspecified atom stereocenters. The summed E-state index contributed by atoms with van der Waals surface area (Å²) in [5.74, 6) is 0.263. The summed E-state index contributed by atoms with van der Waals surface area (Å²) in [6.07, 6.45) is 0. The fourth-order valence-electron chi connectivity index (χ4n) is 2.64. The smallest absolute Gasteiger partial charge is 0.266 e. The van der Waals surface area contributed by atoms with Gasteiger partial charge in [-0.15, -0.1) is 11.3 Å². The molecule has 130 valence electrons. The lowest BCUT2D eigenvalue weighted by Crippen LogP contribution is -2.21. The molecule has 4 aromatic rings. The first-order chi connectivity index (χ1) is 12.6. The van der Waals surface area contributed by atoms with Gasteiger partial charge in [-0.2, -0.15) is 0 Å². The number of benzene rings is 2. The molecule has 0 atom stereocenters. The van der Waals surface area contributed by atoms with Gasteiger partial charge < -0.3 is 0 Å². The minimum Gasteiger partial charge on any atom is -0.268 e. The third kappa shape index (κ3) is 3.27. The van der Waals surface area contributed by atoms with Crippen molar-refractivity contribution in [1.82, 2.24) is 14.5 Å². The van der Waals surface area contributed by atoms with Crippen molar-refractivity contribution in [3.8, 4) is 5.69 Å². The van der Waals surface area contributed by atoms with Crippen LogP contribution in [0.15, 0.2) is 63.9 Å². The molecule has 0 N–H and O–H groups in total. The predicted octanol–water partition coefficient (Wildman–Crippen LogP) is 4.58. The molecule has 0 fully saturated rings. The minimum absolute atomic E-state index is 0.167. The number of para-hydroxylation sites is 1. The topological polar surface area (TPSA) is 47.8 Å². The summed E-state index contributed by atoms with van der Waals surface area (Å²) in [5.41, 5.74) is 2.02. The number of fused-ring (bicyclic) bond motifs is 1. The third-order valence-corrected chi connectivity index (χ3v) is 5.64. The van der Waals surface area contributed by atoms with Gasteiger partial charge in [-0.05, 0) is 43.3 Å². The lowest BCUT2D eigenvalue weighted by Gasteiger charge is -2.12. The number of nitrogens with zero attached hydrogens (tertiary/aromatic N) is 3. The Morgan fingerprint density at radius 3 is 2.62 bits per heavy atom. The van der Waals surface area contributed by atoms with Crippen LogP contribution >= 0.6 is 23.1 Å². The normalized spacial score (nSPS) is 11.2. The first-order valence-electron chi connectivity index (χ1n) is 7.93. The lowest BCUT2D eigenvalue weighted by atomic mass is 10.2. The van der Waals surface area contributed by atoms with E-state index in [1.165, 1.54) is 28.5 Å². The number of hydrogen-bond donors (Lipinski definition) is 0. The number of halogens is 1. The van der Waals surface area contributed by atoms with E-state index in [9.17, 15) is 9.18 Å². The molecule has 0 aliphatic rings. The van der Waals surface area contributed by atoms with Gasteiger partial charge in [0.1, 0.15) is 5.82 Å². The highest BCUT2D eigenvalue weighted by Crippen LogP contribution is 2.25. The van der Waals surface area contributed by atoms with Gasteiger partial charge >= 0.3 is 0 Å². The van der Waals surface area contributed by atoms with E-state index in [0.717, 1.165) is 10.7 Å². The predicted molar refractivity (Wildman–Crippen MR) is 104 cm³/mol. The number of thiazole rings is 1. The van der Waals surface area contributed by atoms with Crippen molar-refractivity contribution in [3.05, 3.63) is 80.8 Å². The highest BCUT2D eigenvalue weighted by atomic mass is 32.2. The number of rotatable bonds is 4. The summed E-state index contributed by atoms with van der Waals surface area (Å²) in [6, 6.07) is 13.1. The molecule has 0 aliphatic carbocycles. The van der Waals surface area contributed by atoms with Crippen LogP contribution in [-0.4, -0.2) is 14.5 Å². The van der Waals surface area contributed by atoms with Gasteiger partial charge in [-0.25, -0.2) is 14.4 Å². The lowest BCUT2D eigenvalue weighted by molar-refractivity contribution is 0.627. The SMILES string of the molecule is Cc1nc(CSc2nc3ccccc3c(=O)n2-c2ccc(F)cc2)cs1. The van der Waals surface area contributed by atoms with E-state index in [2.05, 4.69) is 9.97 Å². The zero-order valence-corrected chi connectivity index (χ0v) is 15.5. The molecule has 4 rings (SSSR count). The summed E-state index contributed by atoms with van der Waals surface area (Å²) >= 11 is 3.04. The van der Waals surface area contributed by atoms with Crippen molar-refractivity contribution in [1.29, 1.82) is 0 Å². The third-order valence-electron chi connectivity index (χ3n) is 3.85. The molecular formula is C19H14FN3OS2. The summed E-state index contributed by atoms with van der Waals surface area (Å²) in [4.78, 5) is 22.2. The van der Waals surface area contributed by atoms with E-state index in [0.29, 0.717) is 27.5 Å². The van der Waals surface area contributed by atoms with E-state index in [1.54, 1.807) is 29.5 Å². The Kier molecular flexibility index (Phi) is 4.57. The van der Waals surface area contributed by atoms with Crippen molar-refractivity contribution in [2.24, 2.45) is 0 Å². The Morgan fingerprint density at radius 2 is 1.88 bits per heavy atom. The van der Waals surface area contributed by atoms with Gasteiger partial charge in [0.05, 0.1) is 27.3 Å². The molecule has 26 heavy (non-hydrogen) atoms. The number of hydrogen-bond acceptors (Lipinski definition) is 5. The Balaban J connectivity index is 1.84. The monoisotopic (exact) mass is 383 g/mol. The maximum Gasteiger partial charge on any atom is 0.266 e. The average molecular weight is 383 g/mol. The molecule has 0 saturated heterocycles. The molecule has 0 radical (unpaired) electrons. The van der Waals surface area contributed by atoms with Crippen LogP contribution in [0.25, 0.3) is 16.6 Å². The van der Waals surface area contributed by atoms with Gasteiger partial charge in [0.2, 0.25) is 0 Å². The van der Waals surface area contributed by atoms with E-state index < -0.39 is 0 Å². The van der Waals surface area contributed by atoms with Crippen LogP contribution in [-0.2, 0) is 5.75 Å². The zero-order valence-electron chi connectivity index (χ0n) is 13.8. The van der Waals surface area contributed by atoms with E-state index in [4.69, 9.17) is 0 Å². The maximum absolute atomic E-state index is 13.3. The Bertz CT molecular complexity index is 1140. The van der Waals surface area contributed by atoms with Crippen LogP contribution < -0.4 is 5.56 Å². The first kappa shape index (κ1) is 16.9. The van der Waals surface area contributed by atoms with Crippen LogP contribution in [0.1, 0.15) is 10.7 Å². The van der Waals surface area contributed by atoms with E-state index in [-0.39, 0.29) is 11.4 Å². The molecular weight excluding hydrogens is 369 g/mol. The van der Waals surface area contributed by atoms with Crippen molar-refractivity contribution >= 4 is 34.0 Å². The van der Waals surface area contributed by atoms with E-state index >= 15 is 0 Å². The molecule has 0 spiro atoms. The molecule has 0 bridgehead atoms. The van der Waals surface area contributed by atoms with Gasteiger partial charge in [0, 0.05) is 11.1 Å². The van der Waals surface area contributed by atoms with Gasteiger partial charge in [0.25, 0.3) is 5.56 Å². The van der Waals surface area contributed by atoms with Gasteiger partial charge in [0.15, 0.2) is 5.16 Å².